The van der Waals surface area contributed by atoms with E-state index >= 15 is 0 Å². The molecule has 0 saturated heterocycles. The van der Waals surface area contributed by atoms with Gasteiger partial charge in [0.25, 0.3) is 11.8 Å². The molecule has 2 aromatic rings. The third-order valence-electron chi connectivity index (χ3n) is 4.24. The molecular formula is C22H28N4O5. The number of hydrogen-bond acceptors (Lipinski definition) is 6. The molecule has 166 valence electrons. The largest absolute Gasteiger partial charge is 0.459 e. The fourth-order valence-corrected chi connectivity index (χ4v) is 2.87. The van der Waals surface area contributed by atoms with E-state index in [-0.39, 0.29) is 17.9 Å². The lowest BCUT2D eigenvalue weighted by molar-refractivity contribution is -0.152. The molecule has 9 heteroatoms. The van der Waals surface area contributed by atoms with E-state index in [0.29, 0.717) is 16.8 Å². The van der Waals surface area contributed by atoms with Crippen molar-refractivity contribution in [2.75, 3.05) is 17.7 Å². The molecule has 0 aromatic heterocycles. The summed E-state index contributed by atoms with van der Waals surface area (Å²) in [7, 11) is 0. The highest BCUT2D eigenvalue weighted by atomic mass is 16.5. The summed E-state index contributed by atoms with van der Waals surface area (Å²) in [6.45, 7) is 8.96. The van der Waals surface area contributed by atoms with Crippen molar-refractivity contribution in [3.8, 4) is 0 Å². The molecule has 0 radical (unpaired) electrons. The number of hydrogen-bond donors (Lipinski definition) is 4. The topological polar surface area (TPSA) is 168 Å². The number of nitrogen functional groups attached to an aromatic ring is 1. The quantitative estimate of drug-likeness (QED) is 0.329. The van der Waals surface area contributed by atoms with E-state index in [1.54, 1.807) is 39.0 Å². The van der Waals surface area contributed by atoms with Crippen LogP contribution < -0.4 is 22.5 Å². The molecule has 3 amide bonds. The maximum absolute atomic E-state index is 11.6. The molecule has 2 rings (SSSR count). The number of nitrogens with one attached hydrogen (secondary N) is 1. The summed E-state index contributed by atoms with van der Waals surface area (Å²) in [6, 6.07) is 6.94. The predicted molar refractivity (Wildman–Crippen MR) is 119 cm³/mol. The van der Waals surface area contributed by atoms with Gasteiger partial charge in [0.05, 0.1) is 23.4 Å². The lowest BCUT2D eigenvalue weighted by atomic mass is 10.0. The van der Waals surface area contributed by atoms with Crippen molar-refractivity contribution in [1.29, 1.82) is 0 Å². The van der Waals surface area contributed by atoms with Crippen LogP contribution in [-0.4, -0.2) is 30.3 Å². The van der Waals surface area contributed by atoms with E-state index < -0.39 is 23.7 Å². The Kier molecular flexibility index (Phi) is 8.74. The van der Waals surface area contributed by atoms with Crippen LogP contribution in [0.5, 0.6) is 0 Å². The van der Waals surface area contributed by atoms with Gasteiger partial charge in [0, 0.05) is 5.69 Å². The van der Waals surface area contributed by atoms with Crippen molar-refractivity contribution >= 4 is 35.1 Å². The first-order valence-corrected chi connectivity index (χ1v) is 9.44. The van der Waals surface area contributed by atoms with Gasteiger partial charge in [-0.05, 0) is 69.0 Å². The van der Waals surface area contributed by atoms with E-state index in [1.807, 2.05) is 19.9 Å². The van der Waals surface area contributed by atoms with Gasteiger partial charge in [-0.3, -0.25) is 14.4 Å². The normalized spacial score (nSPS) is 9.84. The number of carbonyl (C=O) groups is 4. The zero-order chi connectivity index (χ0) is 23.9. The second-order valence-electron chi connectivity index (χ2n) is 6.95. The van der Waals surface area contributed by atoms with Crippen molar-refractivity contribution < 1.29 is 23.9 Å². The van der Waals surface area contributed by atoms with Crippen LogP contribution in [0.15, 0.2) is 24.3 Å². The Morgan fingerprint density at radius 2 is 1.32 bits per heavy atom. The van der Waals surface area contributed by atoms with Gasteiger partial charge in [0.1, 0.15) is 0 Å². The number of nitrogens with two attached hydrogens (primary N) is 3. The summed E-state index contributed by atoms with van der Waals surface area (Å²) in [6.07, 6.45) is 0. The molecule has 0 aliphatic carbocycles. The van der Waals surface area contributed by atoms with Crippen LogP contribution in [0.2, 0.25) is 0 Å². The van der Waals surface area contributed by atoms with E-state index in [9.17, 15) is 19.2 Å². The molecule has 0 aliphatic rings. The van der Waals surface area contributed by atoms with Crippen LogP contribution in [0.4, 0.5) is 11.4 Å². The first kappa shape index (κ1) is 25.2. The summed E-state index contributed by atoms with van der Waals surface area (Å²) in [5.74, 6) is -3.08. The number of aryl methyl sites for hydroxylation is 4. The molecule has 9 nitrogen and oxygen atoms in total. The van der Waals surface area contributed by atoms with Crippen LogP contribution in [0.3, 0.4) is 0 Å². The number of ether oxygens (including phenoxy) is 1. The maximum Gasteiger partial charge on any atom is 0.397 e. The molecule has 0 atom stereocenters. The van der Waals surface area contributed by atoms with E-state index in [4.69, 9.17) is 17.2 Å². The van der Waals surface area contributed by atoms with Crippen LogP contribution in [0.1, 0.15) is 49.9 Å². The molecule has 0 bridgehead atoms. The number of amides is 3. The van der Waals surface area contributed by atoms with Crippen molar-refractivity contribution in [2.24, 2.45) is 11.5 Å². The highest BCUT2D eigenvalue weighted by molar-refractivity contribution is 6.37. The van der Waals surface area contributed by atoms with Crippen LogP contribution in [0.25, 0.3) is 0 Å². The lowest BCUT2D eigenvalue weighted by Crippen LogP contribution is -2.27. The fourth-order valence-electron chi connectivity index (χ4n) is 2.87. The molecular weight excluding hydrogens is 400 g/mol. The number of primary amides is 2. The van der Waals surface area contributed by atoms with Crippen LogP contribution in [0, 0.1) is 27.7 Å². The van der Waals surface area contributed by atoms with Crippen molar-refractivity contribution in [3.63, 3.8) is 0 Å². The van der Waals surface area contributed by atoms with Gasteiger partial charge in [-0.1, -0.05) is 12.1 Å². The van der Waals surface area contributed by atoms with E-state index in [2.05, 4.69) is 10.1 Å². The third kappa shape index (κ3) is 6.84. The minimum atomic E-state index is -1.00. The van der Waals surface area contributed by atoms with Gasteiger partial charge in [0.15, 0.2) is 0 Å². The van der Waals surface area contributed by atoms with Gasteiger partial charge in [-0.25, -0.2) is 4.79 Å². The lowest BCUT2D eigenvalue weighted by Gasteiger charge is -2.12. The Morgan fingerprint density at radius 1 is 0.839 bits per heavy atom. The highest BCUT2D eigenvalue weighted by Crippen LogP contribution is 2.22. The highest BCUT2D eigenvalue weighted by Gasteiger charge is 2.19. The van der Waals surface area contributed by atoms with Crippen LogP contribution >= 0.6 is 0 Å². The second-order valence-corrected chi connectivity index (χ2v) is 6.95. The second kappa shape index (κ2) is 10.8. The molecule has 31 heavy (non-hydrogen) atoms. The third-order valence-corrected chi connectivity index (χ3v) is 4.24. The monoisotopic (exact) mass is 428 g/mol. The minimum absolute atomic E-state index is 0.0990. The Labute approximate surface area is 180 Å². The summed E-state index contributed by atoms with van der Waals surface area (Å²) in [4.78, 5) is 45.1. The summed E-state index contributed by atoms with van der Waals surface area (Å²) in [5, 5.41) is 2.36. The minimum Gasteiger partial charge on any atom is -0.459 e. The van der Waals surface area contributed by atoms with Crippen molar-refractivity contribution in [3.05, 3.63) is 57.6 Å². The Bertz CT molecular complexity index is 1030. The molecule has 2 aromatic carbocycles. The SMILES string of the molecule is CCOC(=O)C(=O)Nc1c(C)cc(C)cc1C(N)=O.Cc1cc(C)c(N)c(C(N)=O)c1. The van der Waals surface area contributed by atoms with Crippen molar-refractivity contribution in [2.45, 2.75) is 34.6 Å². The molecule has 7 N–H and O–H groups in total. The van der Waals surface area contributed by atoms with Crippen LogP contribution in [-0.2, 0) is 14.3 Å². The number of esters is 1. The van der Waals surface area contributed by atoms with Gasteiger partial charge in [-0.2, -0.15) is 0 Å². The van der Waals surface area contributed by atoms with Crippen molar-refractivity contribution in [1.82, 2.24) is 0 Å². The number of anilines is 2. The zero-order valence-corrected chi connectivity index (χ0v) is 18.3. The molecule has 0 unspecified atom stereocenters. The zero-order valence-electron chi connectivity index (χ0n) is 18.3. The Hall–Kier alpha value is -3.88. The molecule has 0 saturated carbocycles. The van der Waals surface area contributed by atoms with Gasteiger partial charge >= 0.3 is 11.9 Å². The molecule has 0 aliphatic heterocycles. The van der Waals surface area contributed by atoms with Gasteiger partial charge in [0.2, 0.25) is 0 Å². The molecule has 0 fully saturated rings. The Morgan fingerprint density at radius 3 is 1.81 bits per heavy atom. The predicted octanol–water partition coefficient (Wildman–Crippen LogP) is 1.89. The first-order chi connectivity index (χ1) is 14.4. The number of carbonyl (C=O) groups excluding carboxylic acids is 4. The standard InChI is InChI=1S/C13H16N2O4.C9H12N2O/c1-4-19-13(18)12(17)15-10-8(3)5-7(2)6-9(10)11(14)16;1-5-3-6(2)8(10)7(4-5)9(11)12/h5-6H,4H2,1-3H3,(H2,14,16)(H,15,17);3-4H,10H2,1-2H3,(H2,11,12). The average Bonchev–Trinajstić information content (AvgIpc) is 2.66. The fraction of sp³-hybridized carbons (Fsp3) is 0.273. The smallest absolute Gasteiger partial charge is 0.397 e. The molecule has 0 spiro atoms. The van der Waals surface area contributed by atoms with E-state index in [1.165, 1.54) is 0 Å². The van der Waals surface area contributed by atoms with Gasteiger partial charge < -0.3 is 27.3 Å². The number of benzene rings is 2. The molecule has 0 heterocycles. The first-order valence-electron chi connectivity index (χ1n) is 9.44. The summed E-state index contributed by atoms with van der Waals surface area (Å²) >= 11 is 0. The van der Waals surface area contributed by atoms with Gasteiger partial charge in [-0.15, -0.1) is 0 Å². The Balaban J connectivity index is 0.000000343. The summed E-state index contributed by atoms with van der Waals surface area (Å²) < 4.78 is 4.57. The number of rotatable bonds is 4. The summed E-state index contributed by atoms with van der Waals surface area (Å²) in [5.41, 5.74) is 20.7. The van der Waals surface area contributed by atoms with E-state index in [0.717, 1.165) is 16.7 Å². The maximum atomic E-state index is 11.6. The average molecular weight is 428 g/mol.